The standard InChI is InChI=1S/C20H25N3O2/c1-3-22(4-2)11-12-23-19(24)14-9-10-16-17(18(14)20(23)25)13-7-5-6-8-15(13)21-16/h5-8,14,18,21H,3-4,9-12H2,1-2H3/t14-,18-/m0/s1. The number of imide groups is 1. The number of carbonyl (C=O) groups is 2. The Labute approximate surface area is 148 Å². The van der Waals surface area contributed by atoms with Crippen molar-refractivity contribution in [1.29, 1.82) is 0 Å². The minimum absolute atomic E-state index is 0.00661. The van der Waals surface area contributed by atoms with E-state index in [2.05, 4.69) is 29.8 Å². The average molecular weight is 339 g/mol. The van der Waals surface area contributed by atoms with Crippen molar-refractivity contribution in [2.75, 3.05) is 26.2 Å². The second kappa shape index (κ2) is 6.30. The molecule has 2 amide bonds. The van der Waals surface area contributed by atoms with E-state index < -0.39 is 0 Å². The number of hydrogen-bond donors (Lipinski definition) is 1. The van der Waals surface area contributed by atoms with Gasteiger partial charge < -0.3 is 9.88 Å². The van der Waals surface area contributed by atoms with E-state index >= 15 is 0 Å². The van der Waals surface area contributed by atoms with Gasteiger partial charge in [0.25, 0.3) is 0 Å². The fourth-order valence-corrected chi connectivity index (χ4v) is 4.48. The molecule has 2 atom stereocenters. The molecule has 2 aromatic rings. The Morgan fingerprint density at radius 2 is 1.92 bits per heavy atom. The quantitative estimate of drug-likeness (QED) is 0.852. The van der Waals surface area contributed by atoms with Crippen molar-refractivity contribution in [1.82, 2.24) is 14.8 Å². The molecule has 1 fully saturated rings. The Morgan fingerprint density at radius 3 is 2.68 bits per heavy atom. The van der Waals surface area contributed by atoms with Crippen LogP contribution in [0.1, 0.15) is 37.4 Å². The summed E-state index contributed by atoms with van der Waals surface area (Å²) in [5.74, 6) is -0.467. The lowest BCUT2D eigenvalue weighted by atomic mass is 9.78. The number of aryl methyl sites for hydroxylation is 1. The molecule has 2 aliphatic rings. The van der Waals surface area contributed by atoms with Crippen molar-refractivity contribution >= 4 is 22.7 Å². The summed E-state index contributed by atoms with van der Waals surface area (Å²) >= 11 is 0. The zero-order valence-corrected chi connectivity index (χ0v) is 14.9. The van der Waals surface area contributed by atoms with Crippen LogP contribution in [0.25, 0.3) is 10.9 Å². The Balaban J connectivity index is 1.66. The first-order valence-corrected chi connectivity index (χ1v) is 9.32. The maximum Gasteiger partial charge on any atom is 0.237 e. The molecule has 25 heavy (non-hydrogen) atoms. The second-order valence-electron chi connectivity index (χ2n) is 7.04. The molecule has 1 N–H and O–H groups in total. The summed E-state index contributed by atoms with van der Waals surface area (Å²) in [5.41, 5.74) is 3.26. The molecule has 5 heteroatoms. The average Bonchev–Trinajstić information content (AvgIpc) is 3.12. The van der Waals surface area contributed by atoms with E-state index in [1.807, 2.05) is 18.2 Å². The number of likely N-dealkylation sites (tertiary alicyclic amines) is 1. The topological polar surface area (TPSA) is 56.4 Å². The van der Waals surface area contributed by atoms with Gasteiger partial charge in [0.2, 0.25) is 11.8 Å². The van der Waals surface area contributed by atoms with Gasteiger partial charge >= 0.3 is 0 Å². The highest BCUT2D eigenvalue weighted by molar-refractivity contribution is 6.10. The zero-order chi connectivity index (χ0) is 17.6. The third-order valence-corrected chi connectivity index (χ3v) is 5.90. The van der Waals surface area contributed by atoms with Gasteiger partial charge in [-0.2, -0.15) is 0 Å². The van der Waals surface area contributed by atoms with Crippen LogP contribution in [0, 0.1) is 5.92 Å². The predicted molar refractivity (Wildman–Crippen MR) is 97.4 cm³/mol. The number of amides is 2. The van der Waals surface area contributed by atoms with Gasteiger partial charge in [0.1, 0.15) is 0 Å². The molecule has 2 heterocycles. The van der Waals surface area contributed by atoms with E-state index in [1.54, 1.807) is 0 Å². The van der Waals surface area contributed by atoms with Gasteiger partial charge in [-0.05, 0) is 37.6 Å². The Hall–Kier alpha value is -2.14. The van der Waals surface area contributed by atoms with Crippen molar-refractivity contribution in [3.63, 3.8) is 0 Å². The van der Waals surface area contributed by atoms with E-state index in [0.717, 1.165) is 54.6 Å². The minimum Gasteiger partial charge on any atom is -0.358 e. The number of nitrogens with one attached hydrogen (secondary N) is 1. The van der Waals surface area contributed by atoms with E-state index in [4.69, 9.17) is 0 Å². The van der Waals surface area contributed by atoms with Crippen LogP contribution in [0.5, 0.6) is 0 Å². The summed E-state index contributed by atoms with van der Waals surface area (Å²) in [6.07, 6.45) is 1.60. The molecule has 0 bridgehead atoms. The number of aromatic nitrogens is 1. The number of likely N-dealkylation sites (N-methyl/N-ethyl adjacent to an activating group) is 1. The summed E-state index contributed by atoms with van der Waals surface area (Å²) < 4.78 is 0. The number of aromatic amines is 1. The maximum absolute atomic E-state index is 13.1. The van der Waals surface area contributed by atoms with Gasteiger partial charge in [-0.15, -0.1) is 0 Å². The maximum atomic E-state index is 13.1. The zero-order valence-electron chi connectivity index (χ0n) is 14.9. The Kier molecular flexibility index (Phi) is 4.12. The first kappa shape index (κ1) is 16.3. The highest BCUT2D eigenvalue weighted by atomic mass is 16.2. The summed E-state index contributed by atoms with van der Waals surface area (Å²) in [6.45, 7) is 7.34. The molecule has 4 rings (SSSR count). The molecule has 0 radical (unpaired) electrons. The van der Waals surface area contributed by atoms with Crippen LogP contribution < -0.4 is 0 Å². The smallest absolute Gasteiger partial charge is 0.237 e. The monoisotopic (exact) mass is 339 g/mol. The van der Waals surface area contributed by atoms with Crippen LogP contribution >= 0.6 is 0 Å². The first-order chi connectivity index (χ1) is 12.2. The lowest BCUT2D eigenvalue weighted by molar-refractivity contribution is -0.139. The van der Waals surface area contributed by atoms with Crippen molar-refractivity contribution in [3.8, 4) is 0 Å². The van der Waals surface area contributed by atoms with Gasteiger partial charge in [-0.1, -0.05) is 32.0 Å². The third-order valence-electron chi connectivity index (χ3n) is 5.90. The summed E-state index contributed by atoms with van der Waals surface area (Å²) in [6, 6.07) is 8.10. The molecular formula is C20H25N3O2. The number of nitrogens with zero attached hydrogens (tertiary/aromatic N) is 2. The third kappa shape index (κ3) is 2.49. The van der Waals surface area contributed by atoms with Gasteiger partial charge in [-0.3, -0.25) is 14.5 Å². The van der Waals surface area contributed by atoms with Crippen molar-refractivity contribution < 1.29 is 9.59 Å². The molecule has 1 aliphatic carbocycles. The van der Waals surface area contributed by atoms with Crippen molar-refractivity contribution in [2.24, 2.45) is 5.92 Å². The lowest BCUT2D eigenvalue weighted by Crippen LogP contribution is -2.38. The van der Waals surface area contributed by atoms with Crippen LogP contribution in [-0.2, 0) is 16.0 Å². The van der Waals surface area contributed by atoms with E-state index in [1.165, 1.54) is 4.90 Å². The van der Waals surface area contributed by atoms with E-state index in [9.17, 15) is 9.59 Å². The number of rotatable bonds is 5. The number of para-hydroxylation sites is 1. The summed E-state index contributed by atoms with van der Waals surface area (Å²) in [7, 11) is 0. The number of carbonyl (C=O) groups excluding carboxylic acids is 2. The Bertz CT molecular complexity index is 821. The van der Waals surface area contributed by atoms with Crippen molar-refractivity contribution in [2.45, 2.75) is 32.6 Å². The second-order valence-corrected chi connectivity index (χ2v) is 7.04. The summed E-state index contributed by atoms with van der Waals surface area (Å²) in [4.78, 5) is 33.2. The summed E-state index contributed by atoms with van der Waals surface area (Å²) in [5, 5.41) is 1.10. The van der Waals surface area contributed by atoms with Crippen LogP contribution in [-0.4, -0.2) is 52.8 Å². The minimum atomic E-state index is -0.302. The SMILES string of the molecule is CCN(CC)CCN1C(=O)[C@H]2CCc3[nH]c4ccccc4c3[C@H]2C1=O. The molecular weight excluding hydrogens is 314 g/mol. The normalized spacial score (nSPS) is 22.8. The molecule has 0 unspecified atom stereocenters. The predicted octanol–water partition coefficient (Wildman–Crippen LogP) is 2.52. The first-order valence-electron chi connectivity index (χ1n) is 9.32. The van der Waals surface area contributed by atoms with Gasteiger partial charge in [0.05, 0.1) is 11.8 Å². The molecule has 1 aromatic carbocycles. The fraction of sp³-hybridized carbons (Fsp3) is 0.500. The van der Waals surface area contributed by atoms with Crippen LogP contribution in [0.3, 0.4) is 0 Å². The number of fused-ring (bicyclic) bond motifs is 5. The number of H-pyrrole nitrogens is 1. The van der Waals surface area contributed by atoms with Gasteiger partial charge in [0.15, 0.2) is 0 Å². The molecule has 5 nitrogen and oxygen atoms in total. The number of benzene rings is 1. The highest BCUT2D eigenvalue weighted by Gasteiger charge is 2.51. The van der Waals surface area contributed by atoms with Gasteiger partial charge in [0, 0.05) is 29.7 Å². The molecule has 132 valence electrons. The molecule has 1 aromatic heterocycles. The van der Waals surface area contributed by atoms with Crippen LogP contribution in [0.4, 0.5) is 0 Å². The molecule has 0 saturated carbocycles. The molecule has 1 aliphatic heterocycles. The van der Waals surface area contributed by atoms with E-state index in [-0.39, 0.29) is 23.7 Å². The fourth-order valence-electron chi connectivity index (χ4n) is 4.48. The van der Waals surface area contributed by atoms with Gasteiger partial charge in [-0.25, -0.2) is 0 Å². The van der Waals surface area contributed by atoms with Crippen LogP contribution in [0.15, 0.2) is 24.3 Å². The largest absolute Gasteiger partial charge is 0.358 e. The number of hydrogen-bond acceptors (Lipinski definition) is 3. The van der Waals surface area contributed by atoms with E-state index in [0.29, 0.717) is 6.54 Å². The molecule has 1 saturated heterocycles. The highest BCUT2D eigenvalue weighted by Crippen LogP contribution is 2.45. The lowest BCUT2D eigenvalue weighted by Gasteiger charge is -2.22. The van der Waals surface area contributed by atoms with Crippen molar-refractivity contribution in [3.05, 3.63) is 35.5 Å². The molecule has 0 spiro atoms. The van der Waals surface area contributed by atoms with Crippen LogP contribution in [0.2, 0.25) is 0 Å². The Morgan fingerprint density at radius 1 is 1.16 bits per heavy atom.